The summed E-state index contributed by atoms with van der Waals surface area (Å²) in [6.07, 6.45) is 0. The van der Waals surface area contributed by atoms with Gasteiger partial charge in [0.05, 0.1) is 6.54 Å². The minimum Gasteiger partial charge on any atom is -0.372 e. The Morgan fingerprint density at radius 3 is 1.95 bits per heavy atom. The van der Waals surface area contributed by atoms with E-state index in [0.717, 1.165) is 31.9 Å². The van der Waals surface area contributed by atoms with Crippen LogP contribution in [0, 0.1) is 0 Å². The van der Waals surface area contributed by atoms with Crippen molar-refractivity contribution < 1.29 is 4.79 Å². The zero-order chi connectivity index (χ0) is 15.0. The molecule has 0 aliphatic carbocycles. The summed E-state index contributed by atoms with van der Waals surface area (Å²) in [6, 6.07) is 8.04. The van der Waals surface area contributed by atoms with Gasteiger partial charge in [-0.25, -0.2) is 0 Å². The maximum absolute atomic E-state index is 11.9. The predicted octanol–water partition coefficient (Wildman–Crippen LogP) is 2.81. The Hall–Kier alpha value is -1.55. The van der Waals surface area contributed by atoms with E-state index in [0.29, 0.717) is 6.54 Å². The number of rotatable bonds is 8. The lowest BCUT2D eigenvalue weighted by Crippen LogP contribution is -2.32. The molecule has 1 aromatic rings. The quantitative estimate of drug-likeness (QED) is 0.793. The van der Waals surface area contributed by atoms with Crippen LogP contribution in [0.2, 0.25) is 0 Å². The fourth-order valence-corrected chi connectivity index (χ4v) is 2.20. The number of benzene rings is 1. The third-order valence-electron chi connectivity index (χ3n) is 3.54. The van der Waals surface area contributed by atoms with Crippen LogP contribution in [-0.2, 0) is 4.79 Å². The third kappa shape index (κ3) is 4.85. The first kappa shape index (κ1) is 16.5. The first-order chi connectivity index (χ1) is 9.64. The molecule has 4 nitrogen and oxygen atoms in total. The van der Waals surface area contributed by atoms with Crippen molar-refractivity contribution in [2.45, 2.75) is 27.7 Å². The molecule has 112 valence electrons. The molecular weight excluding hydrogens is 250 g/mol. The molecule has 1 rings (SSSR count). The largest absolute Gasteiger partial charge is 0.372 e. The molecule has 1 N–H and O–H groups in total. The van der Waals surface area contributed by atoms with Gasteiger partial charge in [0, 0.05) is 24.5 Å². The summed E-state index contributed by atoms with van der Waals surface area (Å²) < 4.78 is 0. The van der Waals surface area contributed by atoms with E-state index in [1.165, 1.54) is 5.69 Å². The zero-order valence-corrected chi connectivity index (χ0v) is 13.1. The van der Waals surface area contributed by atoms with E-state index >= 15 is 0 Å². The lowest BCUT2D eigenvalue weighted by molar-refractivity contribution is -0.117. The molecule has 0 atom stereocenters. The van der Waals surface area contributed by atoms with Crippen LogP contribution in [0.5, 0.6) is 0 Å². The van der Waals surface area contributed by atoms with Gasteiger partial charge in [0.1, 0.15) is 0 Å². The first-order valence-electron chi connectivity index (χ1n) is 7.51. The van der Waals surface area contributed by atoms with Crippen molar-refractivity contribution in [1.29, 1.82) is 0 Å². The minimum absolute atomic E-state index is 0.0456. The monoisotopic (exact) mass is 277 g/mol. The van der Waals surface area contributed by atoms with Crippen LogP contribution in [-0.4, -0.2) is 43.5 Å². The van der Waals surface area contributed by atoms with Gasteiger partial charge in [-0.3, -0.25) is 9.69 Å². The van der Waals surface area contributed by atoms with Crippen LogP contribution in [0.25, 0.3) is 0 Å². The average Bonchev–Trinajstić information content (AvgIpc) is 2.47. The SMILES string of the molecule is CCN(CC)CC(=O)Nc1ccc(N(CC)CC)cc1. The summed E-state index contributed by atoms with van der Waals surface area (Å²) in [5.41, 5.74) is 2.05. The second-order valence-electron chi connectivity index (χ2n) is 4.73. The summed E-state index contributed by atoms with van der Waals surface area (Å²) in [5.74, 6) is 0.0456. The molecule has 0 unspecified atom stereocenters. The molecule has 20 heavy (non-hydrogen) atoms. The molecule has 0 aliphatic rings. The molecule has 1 aromatic carbocycles. The van der Waals surface area contributed by atoms with Gasteiger partial charge < -0.3 is 10.2 Å². The molecule has 0 radical (unpaired) electrons. The third-order valence-corrected chi connectivity index (χ3v) is 3.54. The number of likely N-dealkylation sites (N-methyl/N-ethyl adjacent to an activating group) is 1. The number of anilines is 2. The lowest BCUT2D eigenvalue weighted by atomic mass is 10.2. The normalized spacial score (nSPS) is 10.7. The van der Waals surface area contributed by atoms with Gasteiger partial charge in [-0.15, -0.1) is 0 Å². The van der Waals surface area contributed by atoms with Gasteiger partial charge in [-0.05, 0) is 51.2 Å². The molecule has 0 heterocycles. The first-order valence-corrected chi connectivity index (χ1v) is 7.51. The number of carbonyl (C=O) groups is 1. The smallest absolute Gasteiger partial charge is 0.238 e. The molecule has 0 bridgehead atoms. The van der Waals surface area contributed by atoms with Gasteiger partial charge in [0.2, 0.25) is 5.91 Å². The topological polar surface area (TPSA) is 35.6 Å². The summed E-state index contributed by atoms with van der Waals surface area (Å²) in [6.45, 7) is 12.6. The second kappa shape index (κ2) is 8.59. The maximum atomic E-state index is 11.9. The Morgan fingerprint density at radius 2 is 1.50 bits per heavy atom. The van der Waals surface area contributed by atoms with Crippen molar-refractivity contribution in [2.75, 3.05) is 42.9 Å². The van der Waals surface area contributed by atoms with E-state index in [9.17, 15) is 4.79 Å². The highest BCUT2D eigenvalue weighted by Gasteiger charge is 2.08. The summed E-state index contributed by atoms with van der Waals surface area (Å²) in [5, 5.41) is 2.94. The molecule has 0 saturated heterocycles. The fourth-order valence-electron chi connectivity index (χ4n) is 2.20. The number of hydrogen-bond donors (Lipinski definition) is 1. The van der Waals surface area contributed by atoms with Gasteiger partial charge in [0.25, 0.3) is 0 Å². The standard InChI is InChI=1S/C16H27N3O/c1-5-18(6-2)13-16(20)17-14-9-11-15(12-10-14)19(7-3)8-4/h9-12H,5-8,13H2,1-4H3,(H,17,20). The van der Waals surface area contributed by atoms with Gasteiger partial charge >= 0.3 is 0 Å². The highest BCUT2D eigenvalue weighted by molar-refractivity contribution is 5.92. The van der Waals surface area contributed by atoms with E-state index in [1.54, 1.807) is 0 Å². The van der Waals surface area contributed by atoms with Crippen LogP contribution in [0.3, 0.4) is 0 Å². The number of nitrogens with one attached hydrogen (secondary N) is 1. The highest BCUT2D eigenvalue weighted by Crippen LogP contribution is 2.17. The average molecular weight is 277 g/mol. The molecule has 0 spiro atoms. The Kier molecular flexibility index (Phi) is 7.09. The molecule has 4 heteroatoms. The van der Waals surface area contributed by atoms with E-state index in [1.807, 2.05) is 12.1 Å². The molecule has 0 aromatic heterocycles. The van der Waals surface area contributed by atoms with E-state index in [4.69, 9.17) is 0 Å². The van der Waals surface area contributed by atoms with Crippen LogP contribution >= 0.6 is 0 Å². The van der Waals surface area contributed by atoms with Crippen molar-refractivity contribution in [2.24, 2.45) is 0 Å². The summed E-state index contributed by atoms with van der Waals surface area (Å²) >= 11 is 0. The van der Waals surface area contributed by atoms with Gasteiger partial charge in [-0.1, -0.05) is 13.8 Å². The fraction of sp³-hybridized carbons (Fsp3) is 0.562. The molecule has 0 saturated carbocycles. The molecular formula is C16H27N3O. The van der Waals surface area contributed by atoms with Crippen molar-refractivity contribution >= 4 is 17.3 Å². The van der Waals surface area contributed by atoms with Crippen molar-refractivity contribution in [3.05, 3.63) is 24.3 Å². The van der Waals surface area contributed by atoms with Crippen molar-refractivity contribution in [3.8, 4) is 0 Å². The second-order valence-corrected chi connectivity index (χ2v) is 4.73. The van der Waals surface area contributed by atoms with E-state index < -0.39 is 0 Å². The van der Waals surface area contributed by atoms with Crippen LogP contribution in [0.15, 0.2) is 24.3 Å². The van der Waals surface area contributed by atoms with E-state index in [-0.39, 0.29) is 5.91 Å². The molecule has 0 fully saturated rings. The van der Waals surface area contributed by atoms with Crippen molar-refractivity contribution in [3.63, 3.8) is 0 Å². The number of amides is 1. The number of hydrogen-bond acceptors (Lipinski definition) is 3. The van der Waals surface area contributed by atoms with Gasteiger partial charge in [0.15, 0.2) is 0 Å². The Labute approximate surface area is 122 Å². The minimum atomic E-state index is 0.0456. The van der Waals surface area contributed by atoms with Crippen molar-refractivity contribution in [1.82, 2.24) is 4.90 Å². The van der Waals surface area contributed by atoms with Crippen LogP contribution in [0.4, 0.5) is 11.4 Å². The number of nitrogens with zero attached hydrogens (tertiary/aromatic N) is 2. The zero-order valence-electron chi connectivity index (χ0n) is 13.1. The predicted molar refractivity (Wildman–Crippen MR) is 86.4 cm³/mol. The summed E-state index contributed by atoms with van der Waals surface area (Å²) in [4.78, 5) is 16.3. The Balaban J connectivity index is 2.59. The van der Waals surface area contributed by atoms with Crippen LogP contribution < -0.4 is 10.2 Å². The highest BCUT2D eigenvalue weighted by atomic mass is 16.2. The summed E-state index contributed by atoms with van der Waals surface area (Å²) in [7, 11) is 0. The lowest BCUT2D eigenvalue weighted by Gasteiger charge is -2.21. The van der Waals surface area contributed by atoms with Crippen LogP contribution in [0.1, 0.15) is 27.7 Å². The number of carbonyl (C=O) groups excluding carboxylic acids is 1. The Morgan fingerprint density at radius 1 is 0.950 bits per heavy atom. The Bertz CT molecular complexity index is 395. The van der Waals surface area contributed by atoms with E-state index in [2.05, 4.69) is 54.9 Å². The van der Waals surface area contributed by atoms with Gasteiger partial charge in [-0.2, -0.15) is 0 Å². The molecule has 0 aliphatic heterocycles. The molecule has 1 amide bonds. The maximum Gasteiger partial charge on any atom is 0.238 e.